The Labute approximate surface area is 174 Å². The van der Waals surface area contributed by atoms with Gasteiger partial charge in [0.25, 0.3) is 5.91 Å². The first kappa shape index (κ1) is 18.1. The molecule has 9 nitrogen and oxygen atoms in total. The third-order valence-electron chi connectivity index (χ3n) is 5.07. The lowest BCUT2D eigenvalue weighted by Crippen LogP contribution is -2.47. The zero-order valence-corrected chi connectivity index (χ0v) is 17.2. The van der Waals surface area contributed by atoms with Gasteiger partial charge >= 0.3 is 0 Å². The van der Waals surface area contributed by atoms with Crippen molar-refractivity contribution in [2.24, 2.45) is 0 Å². The molecule has 0 aliphatic carbocycles. The number of aromatic nitrogens is 5. The molecule has 0 radical (unpaired) electrons. The van der Waals surface area contributed by atoms with E-state index in [1.54, 1.807) is 6.20 Å². The van der Waals surface area contributed by atoms with Gasteiger partial charge in [-0.2, -0.15) is 5.10 Å². The van der Waals surface area contributed by atoms with Gasteiger partial charge in [0.05, 0.1) is 40.8 Å². The molecule has 1 aliphatic heterocycles. The van der Waals surface area contributed by atoms with E-state index in [4.69, 9.17) is 4.74 Å². The van der Waals surface area contributed by atoms with Crippen molar-refractivity contribution >= 4 is 55.3 Å². The van der Waals surface area contributed by atoms with Crippen LogP contribution in [0, 0.1) is 0 Å². The molecule has 0 unspecified atom stereocenters. The molecule has 1 amide bonds. The average Bonchev–Trinajstić information content (AvgIpc) is 3.32. The number of hydrogen-bond acceptors (Lipinski definition) is 6. The van der Waals surface area contributed by atoms with Crippen LogP contribution in [0.2, 0.25) is 0 Å². The van der Waals surface area contributed by atoms with Gasteiger partial charge in [0.2, 0.25) is 0 Å². The minimum atomic E-state index is -0.0866. The second-order valence-electron chi connectivity index (χ2n) is 6.98. The minimum absolute atomic E-state index is 0.0138. The number of anilines is 2. The summed E-state index contributed by atoms with van der Waals surface area (Å²) in [5.74, 6) is 0.520. The maximum absolute atomic E-state index is 13.1. The number of H-pyrrole nitrogens is 2. The van der Waals surface area contributed by atoms with Gasteiger partial charge in [-0.3, -0.25) is 9.89 Å². The summed E-state index contributed by atoms with van der Waals surface area (Å²) in [4.78, 5) is 26.8. The van der Waals surface area contributed by atoms with E-state index in [0.717, 1.165) is 22.0 Å². The number of hydrogen-bond donors (Lipinski definition) is 3. The van der Waals surface area contributed by atoms with Gasteiger partial charge < -0.3 is 19.9 Å². The quantitative estimate of drug-likeness (QED) is 0.437. The Morgan fingerprint density at radius 3 is 3.14 bits per heavy atom. The first-order valence-electron chi connectivity index (χ1n) is 9.23. The molecular formula is C19H18BrN7O2. The largest absolute Gasteiger partial charge is 0.377 e. The van der Waals surface area contributed by atoms with E-state index < -0.39 is 0 Å². The summed E-state index contributed by atoms with van der Waals surface area (Å²) in [5, 5.41) is 12.0. The summed E-state index contributed by atoms with van der Waals surface area (Å²) in [6, 6.07) is 5.88. The Balaban J connectivity index is 1.52. The number of aromatic amines is 2. The fraction of sp³-hybridized carbons (Fsp3) is 0.263. The van der Waals surface area contributed by atoms with Gasteiger partial charge in [0, 0.05) is 17.6 Å². The molecule has 3 N–H and O–H groups in total. The summed E-state index contributed by atoms with van der Waals surface area (Å²) >= 11 is 3.59. The number of nitrogens with zero attached hydrogens (tertiary/aromatic N) is 4. The van der Waals surface area contributed by atoms with Crippen LogP contribution < -0.4 is 5.32 Å². The second kappa shape index (κ2) is 7.12. The Kier molecular flexibility index (Phi) is 4.44. The lowest BCUT2D eigenvalue weighted by molar-refractivity contribution is 0.00327. The van der Waals surface area contributed by atoms with Crippen molar-refractivity contribution in [2.75, 3.05) is 25.1 Å². The Bertz CT molecular complexity index is 1220. The normalized spacial score (nSPS) is 17.2. The molecule has 148 valence electrons. The first-order chi connectivity index (χ1) is 14.1. The average molecular weight is 456 g/mol. The van der Waals surface area contributed by atoms with Gasteiger partial charge in [0.15, 0.2) is 0 Å². The van der Waals surface area contributed by atoms with Crippen LogP contribution in [0.5, 0.6) is 0 Å². The van der Waals surface area contributed by atoms with Crippen LogP contribution in [-0.2, 0) is 4.74 Å². The van der Waals surface area contributed by atoms with Gasteiger partial charge in [-0.25, -0.2) is 9.97 Å². The fourth-order valence-corrected chi connectivity index (χ4v) is 4.20. The maximum Gasteiger partial charge on any atom is 0.271 e. The zero-order chi connectivity index (χ0) is 20.0. The molecule has 4 heterocycles. The van der Waals surface area contributed by atoms with Crippen LogP contribution in [0.15, 0.2) is 35.2 Å². The van der Waals surface area contributed by atoms with Crippen molar-refractivity contribution in [3.05, 3.63) is 40.9 Å². The number of amides is 1. The predicted molar refractivity (Wildman–Crippen MR) is 112 cm³/mol. The highest BCUT2D eigenvalue weighted by Gasteiger charge is 2.29. The highest BCUT2D eigenvalue weighted by atomic mass is 79.9. The number of morpholine rings is 1. The van der Waals surface area contributed by atoms with Crippen molar-refractivity contribution < 1.29 is 9.53 Å². The molecule has 29 heavy (non-hydrogen) atoms. The first-order valence-corrected chi connectivity index (χ1v) is 10.0. The third-order valence-corrected chi connectivity index (χ3v) is 5.87. The van der Waals surface area contributed by atoms with E-state index in [1.165, 1.54) is 6.33 Å². The van der Waals surface area contributed by atoms with E-state index >= 15 is 0 Å². The summed E-state index contributed by atoms with van der Waals surface area (Å²) in [5.41, 5.74) is 2.87. The molecule has 0 bridgehead atoms. The van der Waals surface area contributed by atoms with Crippen LogP contribution in [0.3, 0.4) is 0 Å². The topological polar surface area (TPSA) is 112 Å². The third kappa shape index (κ3) is 3.14. The number of ether oxygens (including phenoxy) is 1. The van der Waals surface area contributed by atoms with Gasteiger partial charge in [-0.05, 0) is 41.1 Å². The highest BCUT2D eigenvalue weighted by molar-refractivity contribution is 9.10. The molecule has 1 fully saturated rings. The van der Waals surface area contributed by atoms with Crippen LogP contribution in [0.1, 0.15) is 17.4 Å². The number of nitrogens with one attached hydrogen (secondary N) is 3. The van der Waals surface area contributed by atoms with Crippen LogP contribution >= 0.6 is 15.9 Å². The predicted octanol–water partition coefficient (Wildman–Crippen LogP) is 3.20. The summed E-state index contributed by atoms with van der Waals surface area (Å²) < 4.78 is 6.08. The highest BCUT2D eigenvalue weighted by Crippen LogP contribution is 2.34. The van der Waals surface area contributed by atoms with Crippen LogP contribution in [-0.4, -0.2) is 61.8 Å². The van der Waals surface area contributed by atoms with E-state index in [0.29, 0.717) is 41.4 Å². The van der Waals surface area contributed by atoms with Gasteiger partial charge in [-0.1, -0.05) is 0 Å². The number of carbonyl (C=O) groups excluding carboxylic acids is 1. The van der Waals surface area contributed by atoms with Crippen LogP contribution in [0.4, 0.5) is 11.5 Å². The van der Waals surface area contributed by atoms with E-state index in [-0.39, 0.29) is 11.9 Å². The summed E-state index contributed by atoms with van der Waals surface area (Å²) in [6.45, 7) is 3.61. The Morgan fingerprint density at radius 2 is 2.28 bits per heavy atom. The lowest BCUT2D eigenvalue weighted by atomic mass is 10.2. The van der Waals surface area contributed by atoms with Crippen molar-refractivity contribution in [3.8, 4) is 0 Å². The molecule has 1 aromatic carbocycles. The molecule has 1 atom stereocenters. The molecular weight excluding hydrogens is 438 g/mol. The van der Waals surface area contributed by atoms with E-state index in [9.17, 15) is 4.79 Å². The number of benzene rings is 1. The number of halogens is 1. The smallest absolute Gasteiger partial charge is 0.271 e. The molecule has 1 saturated heterocycles. The van der Waals surface area contributed by atoms with E-state index in [2.05, 4.69) is 46.4 Å². The Morgan fingerprint density at radius 1 is 1.38 bits per heavy atom. The monoisotopic (exact) mass is 455 g/mol. The van der Waals surface area contributed by atoms with E-state index in [1.807, 2.05) is 30.0 Å². The molecule has 0 saturated carbocycles. The minimum Gasteiger partial charge on any atom is -0.377 e. The molecule has 5 rings (SSSR count). The molecule has 4 aromatic rings. The summed E-state index contributed by atoms with van der Waals surface area (Å²) in [7, 11) is 0. The van der Waals surface area contributed by atoms with Crippen molar-refractivity contribution in [2.45, 2.75) is 13.0 Å². The molecule has 1 aliphatic rings. The fourth-order valence-electron chi connectivity index (χ4n) is 3.56. The summed E-state index contributed by atoms with van der Waals surface area (Å²) in [6.07, 6.45) is 3.23. The van der Waals surface area contributed by atoms with Gasteiger partial charge in [0.1, 0.15) is 23.5 Å². The number of rotatable bonds is 3. The number of carbonyl (C=O) groups is 1. The Hall–Kier alpha value is -2.98. The SMILES string of the molecule is C[C@H]1COCCN1C(=O)c1[nH]c2ncnc(Nc3ccc4[nH]ncc4c3)c2c1Br. The van der Waals surface area contributed by atoms with Gasteiger partial charge in [-0.15, -0.1) is 0 Å². The van der Waals surface area contributed by atoms with Crippen molar-refractivity contribution in [1.82, 2.24) is 30.0 Å². The zero-order valence-electron chi connectivity index (χ0n) is 15.6. The standard InChI is InChI=1S/C19H18BrN7O2/c1-10-8-29-5-4-27(10)19(28)16-15(20)14-17(21-9-22-18(14)25-16)24-12-2-3-13-11(6-12)7-23-26-13/h2-3,6-7,9-10H,4-5,8H2,1H3,(H,23,26)(H2,21,22,24,25)/t10-/m0/s1. The maximum atomic E-state index is 13.1. The molecule has 10 heteroatoms. The van der Waals surface area contributed by atoms with Crippen molar-refractivity contribution in [1.29, 1.82) is 0 Å². The number of fused-ring (bicyclic) bond motifs is 2. The lowest BCUT2D eigenvalue weighted by Gasteiger charge is -2.33. The van der Waals surface area contributed by atoms with Crippen LogP contribution in [0.25, 0.3) is 21.9 Å². The molecule has 3 aromatic heterocycles. The van der Waals surface area contributed by atoms with Crippen molar-refractivity contribution in [3.63, 3.8) is 0 Å². The molecule has 0 spiro atoms. The second-order valence-corrected chi connectivity index (χ2v) is 7.77.